The van der Waals surface area contributed by atoms with Gasteiger partial charge in [-0.05, 0) is 0 Å². The lowest BCUT2D eigenvalue weighted by atomic mass is 9.95. The summed E-state index contributed by atoms with van der Waals surface area (Å²) in [6, 6.07) is 0. The van der Waals surface area contributed by atoms with E-state index >= 15 is 0 Å². The minimum Gasteiger partial charge on any atom is -0.396 e. The van der Waals surface area contributed by atoms with E-state index in [0.717, 1.165) is 0 Å². The van der Waals surface area contributed by atoms with Crippen LogP contribution in [0.4, 0.5) is 0 Å². The molecule has 0 saturated heterocycles. The third-order valence-corrected chi connectivity index (χ3v) is 1.51. The van der Waals surface area contributed by atoms with Gasteiger partial charge in [0.05, 0.1) is 0 Å². The molecule has 0 aliphatic rings. The van der Waals surface area contributed by atoms with E-state index in [1.165, 1.54) is 0 Å². The molecule has 0 rings (SSSR count). The van der Waals surface area contributed by atoms with Gasteiger partial charge in [-0.15, -0.1) is 0 Å². The molecule has 0 aromatic heterocycles. The topological polar surface area (TPSA) is 49.3 Å². The van der Waals surface area contributed by atoms with Gasteiger partial charge in [-0.25, -0.2) is 0 Å². The van der Waals surface area contributed by atoms with E-state index in [2.05, 4.69) is 5.32 Å². The van der Waals surface area contributed by atoms with Gasteiger partial charge in [0.15, 0.2) is 0 Å². The standard InChI is InChI=1S/C8H17NO2/c1-4-7(11)9-5-8(2,3)6-10/h10H,4-6H2,1-3H3,(H,9,11). The van der Waals surface area contributed by atoms with Crippen LogP contribution in [0.25, 0.3) is 0 Å². The first-order valence-electron chi connectivity index (χ1n) is 3.89. The van der Waals surface area contributed by atoms with Crippen LogP contribution in [-0.4, -0.2) is 24.2 Å². The number of amides is 1. The SMILES string of the molecule is CCC(=O)NCC(C)(C)CO. The largest absolute Gasteiger partial charge is 0.396 e. The summed E-state index contributed by atoms with van der Waals surface area (Å²) in [6.45, 7) is 6.25. The highest BCUT2D eigenvalue weighted by Gasteiger charge is 2.16. The average Bonchev–Trinajstić information content (AvgIpc) is 2.00. The third-order valence-electron chi connectivity index (χ3n) is 1.51. The van der Waals surface area contributed by atoms with Crippen LogP contribution in [0.2, 0.25) is 0 Å². The summed E-state index contributed by atoms with van der Waals surface area (Å²) in [4.78, 5) is 10.8. The Balaban J connectivity index is 3.61. The van der Waals surface area contributed by atoms with Crippen LogP contribution < -0.4 is 5.32 Å². The number of carbonyl (C=O) groups is 1. The molecule has 3 nitrogen and oxygen atoms in total. The summed E-state index contributed by atoms with van der Waals surface area (Å²) in [5, 5.41) is 11.6. The number of nitrogens with one attached hydrogen (secondary N) is 1. The Morgan fingerprint density at radius 2 is 2.09 bits per heavy atom. The molecule has 1 amide bonds. The molecule has 0 heterocycles. The summed E-state index contributed by atoms with van der Waals surface area (Å²) < 4.78 is 0. The molecule has 0 aromatic carbocycles. The first-order valence-corrected chi connectivity index (χ1v) is 3.89. The monoisotopic (exact) mass is 159 g/mol. The van der Waals surface area contributed by atoms with Crippen molar-refractivity contribution in [3.8, 4) is 0 Å². The van der Waals surface area contributed by atoms with E-state index < -0.39 is 0 Å². The van der Waals surface area contributed by atoms with E-state index in [9.17, 15) is 4.79 Å². The minimum atomic E-state index is -0.204. The van der Waals surface area contributed by atoms with Gasteiger partial charge in [0.2, 0.25) is 5.91 Å². The summed E-state index contributed by atoms with van der Waals surface area (Å²) in [5.74, 6) is 0.0338. The average molecular weight is 159 g/mol. The first kappa shape index (κ1) is 10.4. The number of rotatable bonds is 4. The van der Waals surface area contributed by atoms with Crippen LogP contribution in [0.1, 0.15) is 27.2 Å². The molecule has 0 aliphatic carbocycles. The third kappa shape index (κ3) is 4.79. The molecule has 0 radical (unpaired) electrons. The van der Waals surface area contributed by atoms with E-state index in [-0.39, 0.29) is 17.9 Å². The predicted octanol–water partition coefficient (Wildman–Crippen LogP) is 0.531. The quantitative estimate of drug-likeness (QED) is 0.628. The van der Waals surface area contributed by atoms with Crippen molar-refractivity contribution in [1.82, 2.24) is 5.32 Å². The highest BCUT2D eigenvalue weighted by molar-refractivity contribution is 5.75. The molecule has 0 bridgehead atoms. The van der Waals surface area contributed by atoms with Gasteiger partial charge in [0.1, 0.15) is 0 Å². The van der Waals surface area contributed by atoms with E-state index in [1.54, 1.807) is 6.92 Å². The Hall–Kier alpha value is -0.570. The second kappa shape index (κ2) is 4.34. The second-order valence-corrected chi connectivity index (χ2v) is 3.45. The normalized spacial score (nSPS) is 11.3. The maximum absolute atomic E-state index is 10.8. The fourth-order valence-corrected chi connectivity index (χ4v) is 0.519. The van der Waals surface area contributed by atoms with Crippen LogP contribution in [0.5, 0.6) is 0 Å². The summed E-state index contributed by atoms with van der Waals surface area (Å²) in [5.41, 5.74) is -0.204. The van der Waals surface area contributed by atoms with Crippen LogP contribution in [0.15, 0.2) is 0 Å². The zero-order valence-electron chi connectivity index (χ0n) is 7.48. The maximum Gasteiger partial charge on any atom is 0.219 e. The Kier molecular flexibility index (Phi) is 4.11. The fraction of sp³-hybridized carbons (Fsp3) is 0.875. The fourth-order valence-electron chi connectivity index (χ4n) is 0.519. The Bertz CT molecular complexity index is 132. The van der Waals surface area contributed by atoms with E-state index in [1.807, 2.05) is 13.8 Å². The van der Waals surface area contributed by atoms with Crippen molar-refractivity contribution in [2.45, 2.75) is 27.2 Å². The number of aliphatic hydroxyl groups excluding tert-OH is 1. The van der Waals surface area contributed by atoms with Gasteiger partial charge in [-0.3, -0.25) is 4.79 Å². The smallest absolute Gasteiger partial charge is 0.219 e. The van der Waals surface area contributed by atoms with Crippen LogP contribution in [0.3, 0.4) is 0 Å². The number of aliphatic hydroxyl groups is 1. The molecular weight excluding hydrogens is 142 g/mol. The van der Waals surface area contributed by atoms with Crippen LogP contribution in [-0.2, 0) is 4.79 Å². The van der Waals surface area contributed by atoms with Gasteiger partial charge in [0.25, 0.3) is 0 Å². The molecule has 11 heavy (non-hydrogen) atoms. The molecule has 0 aliphatic heterocycles. The summed E-state index contributed by atoms with van der Waals surface area (Å²) in [6.07, 6.45) is 0.501. The second-order valence-electron chi connectivity index (χ2n) is 3.45. The van der Waals surface area contributed by atoms with Crippen molar-refractivity contribution in [1.29, 1.82) is 0 Å². The molecule has 0 aromatic rings. The van der Waals surface area contributed by atoms with Crippen molar-refractivity contribution in [3.63, 3.8) is 0 Å². The van der Waals surface area contributed by atoms with Gasteiger partial charge in [-0.1, -0.05) is 20.8 Å². The van der Waals surface area contributed by atoms with Crippen molar-refractivity contribution in [2.75, 3.05) is 13.2 Å². The lowest BCUT2D eigenvalue weighted by Crippen LogP contribution is -2.35. The molecule has 0 unspecified atom stereocenters. The van der Waals surface area contributed by atoms with Gasteiger partial charge >= 0.3 is 0 Å². The minimum absolute atomic E-state index is 0.0338. The predicted molar refractivity (Wildman–Crippen MR) is 44.2 cm³/mol. The van der Waals surface area contributed by atoms with Gasteiger partial charge in [-0.2, -0.15) is 0 Å². The molecule has 3 heteroatoms. The maximum atomic E-state index is 10.8. The number of hydrogen-bond donors (Lipinski definition) is 2. The summed E-state index contributed by atoms with van der Waals surface area (Å²) >= 11 is 0. The van der Waals surface area contributed by atoms with Crippen molar-refractivity contribution >= 4 is 5.91 Å². The lowest BCUT2D eigenvalue weighted by molar-refractivity contribution is -0.121. The molecule has 0 saturated carbocycles. The zero-order valence-corrected chi connectivity index (χ0v) is 7.48. The molecular formula is C8H17NO2. The van der Waals surface area contributed by atoms with E-state index in [0.29, 0.717) is 13.0 Å². The van der Waals surface area contributed by atoms with Crippen LogP contribution >= 0.6 is 0 Å². The molecule has 0 atom stereocenters. The number of carbonyl (C=O) groups excluding carboxylic acids is 1. The zero-order chi connectivity index (χ0) is 8.91. The van der Waals surface area contributed by atoms with Gasteiger partial charge < -0.3 is 10.4 Å². The summed E-state index contributed by atoms with van der Waals surface area (Å²) in [7, 11) is 0. The molecule has 66 valence electrons. The van der Waals surface area contributed by atoms with Crippen molar-refractivity contribution < 1.29 is 9.90 Å². The van der Waals surface area contributed by atoms with E-state index in [4.69, 9.17) is 5.11 Å². The lowest BCUT2D eigenvalue weighted by Gasteiger charge is -2.21. The molecule has 0 spiro atoms. The Morgan fingerprint density at radius 3 is 2.45 bits per heavy atom. The first-order chi connectivity index (χ1) is 5.02. The van der Waals surface area contributed by atoms with Crippen molar-refractivity contribution in [3.05, 3.63) is 0 Å². The highest BCUT2D eigenvalue weighted by atomic mass is 16.3. The highest BCUT2D eigenvalue weighted by Crippen LogP contribution is 2.10. The van der Waals surface area contributed by atoms with Crippen LogP contribution in [0, 0.1) is 5.41 Å². The Labute approximate surface area is 67.8 Å². The Morgan fingerprint density at radius 1 is 1.55 bits per heavy atom. The van der Waals surface area contributed by atoms with Gasteiger partial charge in [0, 0.05) is 25.0 Å². The molecule has 2 N–H and O–H groups in total. The van der Waals surface area contributed by atoms with Crippen molar-refractivity contribution in [2.24, 2.45) is 5.41 Å². The number of hydrogen-bond acceptors (Lipinski definition) is 2. The molecule has 0 fully saturated rings.